The highest BCUT2D eigenvalue weighted by Crippen LogP contribution is 2.21. The van der Waals surface area contributed by atoms with Crippen molar-refractivity contribution >= 4 is 31.3 Å². The van der Waals surface area contributed by atoms with Crippen molar-refractivity contribution in [3.8, 4) is 0 Å². The molecule has 1 heterocycles. The Hall–Kier alpha value is -2.16. The molecule has 0 radical (unpaired) electrons. The van der Waals surface area contributed by atoms with E-state index in [2.05, 4.69) is 20.4 Å². The van der Waals surface area contributed by atoms with Gasteiger partial charge in [-0.15, -0.1) is 0 Å². The number of aryl methyl sites for hydroxylation is 2. The lowest BCUT2D eigenvalue weighted by Crippen LogP contribution is -2.39. The van der Waals surface area contributed by atoms with Gasteiger partial charge in [-0.3, -0.25) is 0 Å². The van der Waals surface area contributed by atoms with E-state index in [-0.39, 0.29) is 6.92 Å². The molecule has 0 saturated carbocycles. The zero-order valence-corrected chi connectivity index (χ0v) is 17.3. The van der Waals surface area contributed by atoms with E-state index >= 15 is 0 Å². The second-order valence-electron chi connectivity index (χ2n) is 7.14. The van der Waals surface area contributed by atoms with E-state index in [1.165, 1.54) is 0 Å². The van der Waals surface area contributed by atoms with E-state index in [9.17, 15) is 10.0 Å². The number of anilines is 1. The normalized spacial score (nSPS) is 11.2. The molecule has 10 heteroatoms. The molecule has 28 heavy (non-hydrogen) atoms. The van der Waals surface area contributed by atoms with E-state index in [0.29, 0.717) is 6.54 Å². The third kappa shape index (κ3) is 7.10. The predicted octanol–water partition coefficient (Wildman–Crippen LogP) is 1.77. The number of nitrogens with zero attached hydrogens (tertiary/aromatic N) is 5. The fourth-order valence-electron chi connectivity index (χ4n) is 2.91. The average Bonchev–Trinajstić information content (AvgIpc) is 2.96. The van der Waals surface area contributed by atoms with Crippen molar-refractivity contribution in [1.82, 2.24) is 9.79 Å². The van der Waals surface area contributed by atoms with Crippen molar-refractivity contribution in [3.63, 3.8) is 0 Å². The monoisotopic (exact) mass is 385 g/mol. The SMILES string of the molecule is CB(O)CCCN(CCNB(C)O)c1ccc(N=Nc2n(C)cc[n+]2C)cc1. The largest absolute Gasteiger partial charge is 0.451 e. The van der Waals surface area contributed by atoms with Crippen LogP contribution < -0.4 is 14.7 Å². The highest BCUT2D eigenvalue weighted by Gasteiger charge is 2.12. The summed E-state index contributed by atoms with van der Waals surface area (Å²) < 4.78 is 3.83. The van der Waals surface area contributed by atoms with Gasteiger partial charge < -0.3 is 20.2 Å². The number of aromatic nitrogens is 2. The Balaban J connectivity index is 2.03. The molecule has 0 aliphatic rings. The van der Waals surface area contributed by atoms with Gasteiger partial charge in [-0.2, -0.15) is 0 Å². The summed E-state index contributed by atoms with van der Waals surface area (Å²) in [5, 5.41) is 30.6. The lowest BCUT2D eigenvalue weighted by molar-refractivity contribution is -0.657. The molecule has 8 nitrogen and oxygen atoms in total. The molecule has 0 bridgehead atoms. The molecule has 2 aromatic rings. The van der Waals surface area contributed by atoms with Gasteiger partial charge in [0.1, 0.15) is 5.69 Å². The summed E-state index contributed by atoms with van der Waals surface area (Å²) in [6.45, 7) is 5.52. The summed E-state index contributed by atoms with van der Waals surface area (Å²) in [4.78, 5) is 2.25. The van der Waals surface area contributed by atoms with Gasteiger partial charge in [0, 0.05) is 30.4 Å². The maximum Gasteiger partial charge on any atom is 0.421 e. The molecule has 0 fully saturated rings. The zero-order valence-electron chi connectivity index (χ0n) is 17.3. The summed E-state index contributed by atoms with van der Waals surface area (Å²) in [5.74, 6) is 0.771. The number of hydrogen-bond acceptors (Lipinski definition) is 6. The lowest BCUT2D eigenvalue weighted by atomic mass is 9.67. The Morgan fingerprint density at radius 1 is 1.14 bits per heavy atom. The standard InChI is InChI=1S/C18H31B2N6O2/c1-19(27)10-5-12-26(13-11-21-20(2)28)17-8-6-16(7-9-17)22-23-18-24(3)14-15-25(18)4/h6-9,14-15,21,27-28H,5,10-13H2,1-4H3/q+1. The number of rotatable bonds is 11. The van der Waals surface area contributed by atoms with E-state index in [1.54, 1.807) is 6.82 Å². The van der Waals surface area contributed by atoms with E-state index < -0.39 is 7.05 Å². The average molecular weight is 385 g/mol. The van der Waals surface area contributed by atoms with Crippen molar-refractivity contribution in [2.24, 2.45) is 24.3 Å². The second kappa shape index (κ2) is 11.0. The first-order valence-electron chi connectivity index (χ1n) is 9.74. The molecule has 0 spiro atoms. The van der Waals surface area contributed by atoms with Crippen LogP contribution in [-0.2, 0) is 14.1 Å². The second-order valence-corrected chi connectivity index (χ2v) is 7.14. The molecule has 0 aliphatic carbocycles. The summed E-state index contributed by atoms with van der Waals surface area (Å²) in [6, 6.07) is 7.96. The Morgan fingerprint density at radius 3 is 2.43 bits per heavy atom. The molecule has 150 valence electrons. The molecular formula is C18H31B2N6O2+. The van der Waals surface area contributed by atoms with Crippen molar-refractivity contribution in [2.45, 2.75) is 26.4 Å². The van der Waals surface area contributed by atoms with Crippen LogP contribution in [0.5, 0.6) is 0 Å². The number of imidazole rings is 1. The van der Waals surface area contributed by atoms with Gasteiger partial charge in [0.25, 0.3) is 6.92 Å². The minimum atomic E-state index is -0.527. The molecule has 1 aromatic carbocycles. The Morgan fingerprint density at radius 2 is 1.86 bits per heavy atom. The molecule has 0 atom stereocenters. The van der Waals surface area contributed by atoms with Gasteiger partial charge in [0.05, 0.1) is 26.5 Å². The molecule has 1 aromatic heterocycles. The van der Waals surface area contributed by atoms with E-state index in [0.717, 1.165) is 43.2 Å². The Bertz CT molecular complexity index is 716. The van der Waals surface area contributed by atoms with Crippen molar-refractivity contribution in [3.05, 3.63) is 36.7 Å². The molecule has 0 amide bonds. The fraction of sp³-hybridized carbons (Fsp3) is 0.500. The van der Waals surface area contributed by atoms with Crippen LogP contribution in [0.15, 0.2) is 46.9 Å². The highest BCUT2D eigenvalue weighted by atomic mass is 16.2. The van der Waals surface area contributed by atoms with Crippen molar-refractivity contribution in [1.29, 1.82) is 0 Å². The number of nitrogens with one attached hydrogen (secondary N) is 1. The van der Waals surface area contributed by atoms with Crippen LogP contribution in [0.3, 0.4) is 0 Å². The van der Waals surface area contributed by atoms with Gasteiger partial charge in [-0.1, -0.05) is 11.9 Å². The smallest absolute Gasteiger partial charge is 0.421 e. The van der Waals surface area contributed by atoms with Gasteiger partial charge in [0.2, 0.25) is 0 Å². The van der Waals surface area contributed by atoms with Crippen LogP contribution >= 0.6 is 0 Å². The predicted molar refractivity (Wildman–Crippen MR) is 115 cm³/mol. The van der Waals surface area contributed by atoms with Crippen molar-refractivity contribution in [2.75, 3.05) is 24.5 Å². The first-order chi connectivity index (χ1) is 13.4. The third-order valence-corrected chi connectivity index (χ3v) is 4.49. The zero-order chi connectivity index (χ0) is 20.5. The van der Waals surface area contributed by atoms with Crippen LogP contribution in [-0.4, -0.2) is 48.2 Å². The number of benzene rings is 1. The number of azo groups is 1. The molecule has 0 unspecified atom stereocenters. The lowest BCUT2D eigenvalue weighted by Gasteiger charge is -2.25. The molecule has 3 N–H and O–H groups in total. The minimum Gasteiger partial charge on any atom is -0.451 e. The van der Waals surface area contributed by atoms with Crippen LogP contribution in [0.1, 0.15) is 6.42 Å². The highest BCUT2D eigenvalue weighted by molar-refractivity contribution is 6.48. The maximum absolute atomic E-state index is 9.51. The Kier molecular flexibility index (Phi) is 8.69. The third-order valence-electron chi connectivity index (χ3n) is 4.49. The Labute approximate surface area is 168 Å². The van der Waals surface area contributed by atoms with E-state index in [4.69, 9.17) is 0 Å². The van der Waals surface area contributed by atoms with Crippen LogP contribution in [0.2, 0.25) is 20.0 Å². The van der Waals surface area contributed by atoms with Crippen LogP contribution in [0, 0.1) is 0 Å². The molecule has 0 aliphatic heterocycles. The quantitative estimate of drug-likeness (QED) is 0.313. The topological polar surface area (TPSA) is 89.3 Å². The first kappa shape index (κ1) is 22.1. The van der Waals surface area contributed by atoms with Crippen LogP contribution in [0.25, 0.3) is 0 Å². The van der Waals surface area contributed by atoms with Gasteiger partial charge >= 0.3 is 13.0 Å². The van der Waals surface area contributed by atoms with E-state index in [1.807, 2.05) is 66.7 Å². The molecule has 2 rings (SSSR count). The van der Waals surface area contributed by atoms with Crippen molar-refractivity contribution < 1.29 is 14.6 Å². The van der Waals surface area contributed by atoms with Crippen LogP contribution in [0.4, 0.5) is 17.3 Å². The molecular weight excluding hydrogens is 354 g/mol. The minimum absolute atomic E-state index is 0.293. The summed E-state index contributed by atoms with van der Waals surface area (Å²) in [7, 11) is 3.34. The first-order valence-corrected chi connectivity index (χ1v) is 9.74. The fourth-order valence-corrected chi connectivity index (χ4v) is 2.91. The summed E-state index contributed by atoms with van der Waals surface area (Å²) in [5.41, 5.74) is 1.87. The van der Waals surface area contributed by atoms with Gasteiger partial charge in [0.15, 0.2) is 0 Å². The van der Waals surface area contributed by atoms with Gasteiger partial charge in [-0.25, -0.2) is 9.13 Å². The molecule has 0 saturated heterocycles. The maximum atomic E-state index is 9.51. The number of hydrogen-bond donors (Lipinski definition) is 3. The summed E-state index contributed by atoms with van der Waals surface area (Å²) >= 11 is 0. The van der Waals surface area contributed by atoms with Gasteiger partial charge in [-0.05, 0) is 43.8 Å². The summed E-state index contributed by atoms with van der Waals surface area (Å²) in [6.07, 6.45) is 5.53.